The maximum absolute atomic E-state index is 12.0. The van der Waals surface area contributed by atoms with Gasteiger partial charge in [0.05, 0.1) is 10.7 Å². The van der Waals surface area contributed by atoms with Crippen molar-refractivity contribution < 1.29 is 9.53 Å². The third-order valence-corrected chi connectivity index (χ3v) is 4.02. The van der Waals surface area contributed by atoms with E-state index in [1.54, 1.807) is 18.2 Å². The molecule has 1 N–H and O–H groups in total. The lowest BCUT2D eigenvalue weighted by Crippen LogP contribution is -2.07. The minimum absolute atomic E-state index is 0.234. The first-order valence-corrected chi connectivity index (χ1v) is 8.59. The summed E-state index contributed by atoms with van der Waals surface area (Å²) in [6.07, 6.45) is 3.22. The molecule has 1 amide bonds. The monoisotopic (exact) mass is 363 g/mol. The van der Waals surface area contributed by atoms with Crippen molar-refractivity contribution in [2.45, 2.75) is 6.61 Å². The van der Waals surface area contributed by atoms with Gasteiger partial charge >= 0.3 is 0 Å². The topological polar surface area (TPSA) is 38.3 Å². The molecule has 0 aromatic heterocycles. The van der Waals surface area contributed by atoms with E-state index in [1.807, 2.05) is 66.7 Å². The number of halogens is 1. The number of rotatable bonds is 6. The second kappa shape index (κ2) is 8.88. The third-order valence-electron chi connectivity index (χ3n) is 3.69. The molecule has 0 bridgehead atoms. The van der Waals surface area contributed by atoms with Crippen molar-refractivity contribution in [2.24, 2.45) is 0 Å². The Morgan fingerprint density at radius 3 is 2.35 bits per heavy atom. The lowest BCUT2D eigenvalue weighted by Gasteiger charge is -2.06. The van der Waals surface area contributed by atoms with Crippen molar-refractivity contribution in [3.63, 3.8) is 0 Å². The molecule has 0 atom stereocenters. The summed E-state index contributed by atoms with van der Waals surface area (Å²) in [7, 11) is 0. The summed E-state index contributed by atoms with van der Waals surface area (Å²) in [5.74, 6) is 0.550. The highest BCUT2D eigenvalue weighted by atomic mass is 35.5. The van der Waals surface area contributed by atoms with E-state index in [0.29, 0.717) is 17.3 Å². The van der Waals surface area contributed by atoms with E-state index in [9.17, 15) is 4.79 Å². The number of amides is 1. The molecule has 3 aromatic rings. The van der Waals surface area contributed by atoms with Crippen LogP contribution in [0.4, 0.5) is 5.69 Å². The molecule has 0 aliphatic carbocycles. The molecule has 0 aliphatic rings. The summed E-state index contributed by atoms with van der Waals surface area (Å²) in [5, 5.41) is 3.26. The van der Waals surface area contributed by atoms with E-state index >= 15 is 0 Å². The van der Waals surface area contributed by atoms with Crippen molar-refractivity contribution in [1.82, 2.24) is 0 Å². The molecular formula is C22H18ClNO2. The van der Waals surface area contributed by atoms with Gasteiger partial charge in [-0.2, -0.15) is 0 Å². The molecule has 3 nitrogen and oxygen atoms in total. The molecule has 26 heavy (non-hydrogen) atoms. The summed E-state index contributed by atoms with van der Waals surface area (Å²) in [5.41, 5.74) is 2.62. The molecule has 0 spiro atoms. The van der Waals surface area contributed by atoms with Crippen LogP contribution in [0.2, 0.25) is 5.02 Å². The molecule has 3 aromatic carbocycles. The summed E-state index contributed by atoms with van der Waals surface area (Å²) < 4.78 is 5.75. The average Bonchev–Trinajstić information content (AvgIpc) is 2.68. The van der Waals surface area contributed by atoms with Crippen LogP contribution in [0.3, 0.4) is 0 Å². The number of nitrogens with one attached hydrogen (secondary N) is 1. The van der Waals surface area contributed by atoms with Gasteiger partial charge in [0.25, 0.3) is 0 Å². The number of anilines is 1. The lowest BCUT2D eigenvalue weighted by atomic mass is 10.2. The number of ether oxygens (including phenoxy) is 1. The van der Waals surface area contributed by atoms with Crippen molar-refractivity contribution in [2.75, 3.05) is 5.32 Å². The Labute approximate surface area is 157 Å². The molecular weight excluding hydrogens is 346 g/mol. The Morgan fingerprint density at radius 1 is 0.923 bits per heavy atom. The zero-order chi connectivity index (χ0) is 18.2. The Morgan fingerprint density at radius 2 is 1.62 bits per heavy atom. The molecule has 0 saturated heterocycles. The molecule has 0 fully saturated rings. The second-order valence-electron chi connectivity index (χ2n) is 5.65. The van der Waals surface area contributed by atoms with Crippen LogP contribution in [0.5, 0.6) is 5.75 Å². The molecule has 0 saturated carbocycles. The van der Waals surface area contributed by atoms with Gasteiger partial charge in [-0.3, -0.25) is 4.79 Å². The second-order valence-corrected chi connectivity index (χ2v) is 6.05. The fourth-order valence-corrected chi connectivity index (χ4v) is 2.51. The third kappa shape index (κ3) is 5.23. The van der Waals surface area contributed by atoms with Crippen LogP contribution >= 0.6 is 11.6 Å². The fraction of sp³-hybridized carbons (Fsp3) is 0.0455. The van der Waals surface area contributed by atoms with Crippen LogP contribution < -0.4 is 10.1 Å². The Hall–Kier alpha value is -3.04. The number of hydrogen-bond acceptors (Lipinski definition) is 2. The van der Waals surface area contributed by atoms with E-state index in [2.05, 4.69) is 5.32 Å². The highest BCUT2D eigenvalue weighted by molar-refractivity contribution is 6.33. The zero-order valence-electron chi connectivity index (χ0n) is 14.1. The molecule has 0 unspecified atom stereocenters. The standard InChI is InChI=1S/C22H18ClNO2/c23-20-8-4-5-9-21(20)24-22(25)15-12-17-10-13-19(14-11-17)26-16-18-6-2-1-3-7-18/h1-15H,16H2,(H,24,25). The molecule has 0 heterocycles. The zero-order valence-corrected chi connectivity index (χ0v) is 14.8. The number of benzene rings is 3. The minimum atomic E-state index is -0.234. The van der Waals surface area contributed by atoms with Gasteiger partial charge in [-0.05, 0) is 41.5 Å². The summed E-state index contributed by atoms with van der Waals surface area (Å²) in [4.78, 5) is 12.0. The quantitative estimate of drug-likeness (QED) is 0.581. The van der Waals surface area contributed by atoms with Crippen molar-refractivity contribution in [3.05, 3.63) is 101 Å². The minimum Gasteiger partial charge on any atom is -0.489 e. The molecule has 0 aliphatic heterocycles. The van der Waals surface area contributed by atoms with E-state index in [1.165, 1.54) is 6.08 Å². The lowest BCUT2D eigenvalue weighted by molar-refractivity contribution is -0.111. The maximum Gasteiger partial charge on any atom is 0.248 e. The van der Waals surface area contributed by atoms with Crippen LogP contribution in [0.1, 0.15) is 11.1 Å². The molecule has 130 valence electrons. The van der Waals surface area contributed by atoms with Crippen LogP contribution in [0.15, 0.2) is 84.9 Å². The summed E-state index contributed by atoms with van der Waals surface area (Å²) in [6, 6.07) is 24.7. The molecule has 0 radical (unpaired) electrons. The number of para-hydroxylation sites is 1. The highest BCUT2D eigenvalue weighted by Crippen LogP contribution is 2.20. The van der Waals surface area contributed by atoms with Crippen LogP contribution in [0, 0.1) is 0 Å². The first kappa shape index (κ1) is 17.8. The van der Waals surface area contributed by atoms with Gasteiger partial charge < -0.3 is 10.1 Å². The largest absolute Gasteiger partial charge is 0.489 e. The van der Waals surface area contributed by atoms with Gasteiger partial charge in [0, 0.05) is 6.08 Å². The molecule has 3 rings (SSSR count). The van der Waals surface area contributed by atoms with Gasteiger partial charge in [0.1, 0.15) is 12.4 Å². The van der Waals surface area contributed by atoms with Gasteiger partial charge in [-0.25, -0.2) is 0 Å². The summed E-state index contributed by atoms with van der Waals surface area (Å²) in [6.45, 7) is 0.524. The van der Waals surface area contributed by atoms with Crippen LogP contribution in [0.25, 0.3) is 6.08 Å². The Bertz CT molecular complexity index is 890. The molecule has 4 heteroatoms. The normalized spacial score (nSPS) is 10.7. The summed E-state index contributed by atoms with van der Waals surface area (Å²) >= 11 is 6.02. The maximum atomic E-state index is 12.0. The van der Waals surface area contributed by atoms with Gasteiger partial charge in [0.2, 0.25) is 5.91 Å². The van der Waals surface area contributed by atoms with E-state index < -0.39 is 0 Å². The van der Waals surface area contributed by atoms with Gasteiger partial charge in [-0.15, -0.1) is 0 Å². The van der Waals surface area contributed by atoms with E-state index in [-0.39, 0.29) is 5.91 Å². The van der Waals surface area contributed by atoms with E-state index in [4.69, 9.17) is 16.3 Å². The van der Waals surface area contributed by atoms with Crippen molar-refractivity contribution in [1.29, 1.82) is 0 Å². The van der Waals surface area contributed by atoms with Gasteiger partial charge in [-0.1, -0.05) is 66.2 Å². The fourth-order valence-electron chi connectivity index (χ4n) is 2.32. The smallest absolute Gasteiger partial charge is 0.248 e. The number of hydrogen-bond donors (Lipinski definition) is 1. The SMILES string of the molecule is O=C(C=Cc1ccc(OCc2ccccc2)cc1)Nc1ccccc1Cl. The number of carbonyl (C=O) groups is 1. The first-order valence-electron chi connectivity index (χ1n) is 8.21. The predicted molar refractivity (Wildman–Crippen MR) is 106 cm³/mol. The Balaban J connectivity index is 1.54. The van der Waals surface area contributed by atoms with Crippen LogP contribution in [-0.4, -0.2) is 5.91 Å². The highest BCUT2D eigenvalue weighted by Gasteiger charge is 2.02. The Kier molecular flexibility index (Phi) is 6.07. The van der Waals surface area contributed by atoms with Crippen molar-refractivity contribution >= 4 is 29.3 Å². The number of carbonyl (C=O) groups excluding carboxylic acids is 1. The predicted octanol–water partition coefficient (Wildman–Crippen LogP) is 5.57. The van der Waals surface area contributed by atoms with Crippen molar-refractivity contribution in [3.8, 4) is 5.75 Å². The van der Waals surface area contributed by atoms with Gasteiger partial charge in [0.15, 0.2) is 0 Å². The average molecular weight is 364 g/mol. The van der Waals surface area contributed by atoms with E-state index in [0.717, 1.165) is 16.9 Å². The van der Waals surface area contributed by atoms with Crippen LogP contribution in [-0.2, 0) is 11.4 Å². The first-order chi connectivity index (χ1) is 12.7.